The van der Waals surface area contributed by atoms with Crippen molar-refractivity contribution in [2.75, 3.05) is 7.05 Å². The van der Waals surface area contributed by atoms with Gasteiger partial charge in [-0.2, -0.15) is 0 Å². The molecule has 2 radical (unpaired) electrons. The van der Waals surface area contributed by atoms with Crippen molar-refractivity contribution in [3.05, 3.63) is 66.7 Å². The summed E-state index contributed by atoms with van der Waals surface area (Å²) < 4.78 is 2.58. The van der Waals surface area contributed by atoms with Crippen LogP contribution in [0.5, 0.6) is 0 Å². The zero-order valence-corrected chi connectivity index (χ0v) is 17.3. The van der Waals surface area contributed by atoms with E-state index in [4.69, 9.17) is 0 Å². The normalized spacial score (nSPS) is 12.5. The molecule has 124 valence electrons. The first kappa shape index (κ1) is 16.5. The zero-order chi connectivity index (χ0) is 17.6. The van der Waals surface area contributed by atoms with Crippen LogP contribution in [0, 0.1) is 0 Å². The quantitative estimate of drug-likeness (QED) is 0.278. The Morgan fingerprint density at radius 1 is 0.760 bits per heavy atom. The smallest absolute Gasteiger partial charge is 0.147 e. The second kappa shape index (κ2) is 6.09. The zero-order valence-electron chi connectivity index (χ0n) is 15.3. The third kappa shape index (κ3) is 2.63. The summed E-state index contributed by atoms with van der Waals surface area (Å²) in [6.45, 7) is 7.22. The van der Waals surface area contributed by atoms with Crippen molar-refractivity contribution in [3.63, 3.8) is 0 Å². The number of hydrogen-bond acceptors (Lipinski definition) is 1. The molecule has 0 aliphatic rings. The molecule has 0 heterocycles. The van der Waals surface area contributed by atoms with E-state index in [-0.39, 0.29) is 0 Å². The highest BCUT2D eigenvalue weighted by Gasteiger charge is 2.30. The highest BCUT2D eigenvalue weighted by molar-refractivity contribution is 6.92. The van der Waals surface area contributed by atoms with Crippen LogP contribution >= 0.6 is 0 Å². The van der Waals surface area contributed by atoms with Crippen molar-refractivity contribution < 1.29 is 0 Å². The molecular weight excluding hydrogens is 334 g/mol. The molecule has 0 bridgehead atoms. The number of nitrogens with zero attached hydrogens (tertiary/aromatic N) is 1. The van der Waals surface area contributed by atoms with E-state index in [2.05, 4.69) is 97.6 Å². The lowest BCUT2D eigenvalue weighted by Crippen LogP contribution is -2.57. The fraction of sp³-hybridized carbons (Fsp3) is 0.182. The van der Waals surface area contributed by atoms with E-state index in [1.165, 1.54) is 32.3 Å². The average Bonchev–Trinajstić information content (AvgIpc) is 2.65. The first-order valence-electron chi connectivity index (χ1n) is 8.78. The minimum absolute atomic E-state index is 0.836. The maximum absolute atomic E-state index is 2.58. The molecule has 4 aromatic carbocycles. The van der Waals surface area contributed by atoms with Gasteiger partial charge in [-0.1, -0.05) is 74.2 Å². The van der Waals surface area contributed by atoms with Crippen molar-refractivity contribution >= 4 is 55.4 Å². The Labute approximate surface area is 153 Å². The summed E-state index contributed by atoms with van der Waals surface area (Å²) in [5.41, 5.74) is 0. The van der Waals surface area contributed by atoms with Gasteiger partial charge < -0.3 is 4.23 Å². The summed E-state index contributed by atoms with van der Waals surface area (Å²) >= 11 is 0. The lowest BCUT2D eigenvalue weighted by molar-refractivity contribution is 0.813. The van der Waals surface area contributed by atoms with Crippen molar-refractivity contribution in [1.29, 1.82) is 0 Å². The second-order valence-electron chi connectivity index (χ2n) is 7.23. The van der Waals surface area contributed by atoms with Crippen LogP contribution in [0.3, 0.4) is 0 Å². The van der Waals surface area contributed by atoms with Gasteiger partial charge in [0.1, 0.15) is 17.9 Å². The SMILES string of the molecule is C[Si]N(C)[Si](C)(C)c1cccc2ccc3cc4ccccc4cc3c12. The lowest BCUT2D eigenvalue weighted by atomic mass is 9.98. The number of hydrogen-bond donors (Lipinski definition) is 0. The van der Waals surface area contributed by atoms with E-state index < -0.39 is 8.24 Å². The van der Waals surface area contributed by atoms with Crippen LogP contribution in [0.1, 0.15) is 0 Å². The molecule has 0 atom stereocenters. The topological polar surface area (TPSA) is 3.24 Å². The number of fused-ring (bicyclic) bond motifs is 4. The summed E-state index contributed by atoms with van der Waals surface area (Å²) in [5, 5.41) is 9.71. The van der Waals surface area contributed by atoms with E-state index in [1.807, 2.05) is 0 Å². The van der Waals surface area contributed by atoms with E-state index in [0.717, 1.165) is 9.68 Å². The number of rotatable bonds is 3. The van der Waals surface area contributed by atoms with Crippen molar-refractivity contribution in [2.45, 2.75) is 19.6 Å². The summed E-state index contributed by atoms with van der Waals surface area (Å²) in [6, 6.07) is 24.8. The summed E-state index contributed by atoms with van der Waals surface area (Å²) in [6.07, 6.45) is 0. The maximum atomic E-state index is 2.58. The Morgan fingerprint density at radius 2 is 1.40 bits per heavy atom. The van der Waals surface area contributed by atoms with Gasteiger partial charge in [0.05, 0.1) is 0 Å². The predicted octanol–water partition coefficient (Wildman–Crippen LogP) is 5.16. The molecule has 0 fully saturated rings. The van der Waals surface area contributed by atoms with Crippen LogP contribution in [0.4, 0.5) is 0 Å². The molecule has 1 nitrogen and oxygen atoms in total. The van der Waals surface area contributed by atoms with E-state index >= 15 is 0 Å². The van der Waals surface area contributed by atoms with Gasteiger partial charge >= 0.3 is 0 Å². The molecule has 4 aromatic rings. The molecule has 3 heteroatoms. The Hall–Kier alpha value is -1.95. The Kier molecular flexibility index (Phi) is 4.03. The van der Waals surface area contributed by atoms with Crippen LogP contribution in [0.25, 0.3) is 32.3 Å². The molecule has 0 spiro atoms. The van der Waals surface area contributed by atoms with Crippen LogP contribution < -0.4 is 5.19 Å². The molecule has 25 heavy (non-hydrogen) atoms. The lowest BCUT2D eigenvalue weighted by Gasteiger charge is -2.34. The molecule has 0 saturated heterocycles. The predicted molar refractivity (Wildman–Crippen MR) is 115 cm³/mol. The highest BCUT2D eigenvalue weighted by atomic mass is 28.4. The molecule has 0 aliphatic heterocycles. The van der Waals surface area contributed by atoms with Gasteiger partial charge in [-0.15, -0.1) is 0 Å². The third-order valence-corrected chi connectivity index (χ3v) is 12.0. The van der Waals surface area contributed by atoms with Gasteiger partial charge in [0.15, 0.2) is 0 Å². The van der Waals surface area contributed by atoms with E-state index in [0.29, 0.717) is 0 Å². The molecule has 0 aliphatic carbocycles. The van der Waals surface area contributed by atoms with Crippen LogP contribution in [0.15, 0.2) is 66.7 Å². The summed E-state index contributed by atoms with van der Waals surface area (Å²) in [4.78, 5) is 0. The summed E-state index contributed by atoms with van der Waals surface area (Å²) in [7, 11) is 1.43. The van der Waals surface area contributed by atoms with Gasteiger partial charge in [0, 0.05) is 0 Å². The van der Waals surface area contributed by atoms with Gasteiger partial charge in [-0.05, 0) is 56.7 Å². The third-order valence-electron chi connectivity index (χ3n) is 5.56. The Morgan fingerprint density at radius 3 is 2.12 bits per heavy atom. The Bertz CT molecular complexity index is 1090. The van der Waals surface area contributed by atoms with Gasteiger partial charge in [-0.25, -0.2) is 0 Å². The van der Waals surface area contributed by atoms with E-state index in [9.17, 15) is 0 Å². The van der Waals surface area contributed by atoms with Crippen molar-refractivity contribution in [2.24, 2.45) is 0 Å². The maximum Gasteiger partial charge on any atom is 0.147 e. The molecule has 0 amide bonds. The largest absolute Gasteiger partial charge is 0.347 e. The van der Waals surface area contributed by atoms with Crippen LogP contribution in [0.2, 0.25) is 19.6 Å². The van der Waals surface area contributed by atoms with Gasteiger partial charge in [-0.3, -0.25) is 0 Å². The highest BCUT2D eigenvalue weighted by Crippen LogP contribution is 2.30. The van der Waals surface area contributed by atoms with Crippen molar-refractivity contribution in [3.8, 4) is 0 Å². The fourth-order valence-corrected chi connectivity index (χ4v) is 8.13. The average molecular weight is 358 g/mol. The molecule has 4 rings (SSSR count). The molecular formula is C22H23NSi2. The molecule has 0 N–H and O–H groups in total. The number of benzene rings is 4. The summed E-state index contributed by atoms with van der Waals surface area (Å²) in [5.74, 6) is 0. The van der Waals surface area contributed by atoms with Crippen LogP contribution in [-0.4, -0.2) is 29.2 Å². The molecule has 0 unspecified atom stereocenters. The first-order chi connectivity index (χ1) is 12.0. The Balaban J connectivity index is 2.14. The monoisotopic (exact) mass is 357 g/mol. The van der Waals surface area contributed by atoms with Crippen molar-refractivity contribution in [1.82, 2.24) is 4.23 Å². The molecule has 0 aromatic heterocycles. The van der Waals surface area contributed by atoms with Gasteiger partial charge in [0.2, 0.25) is 0 Å². The second-order valence-corrected chi connectivity index (χ2v) is 13.1. The minimum atomic E-state index is -1.69. The standard InChI is InChI=1S/C22H23NSi2/c1-23(24-2)25(3,4)21-11-7-10-16-12-13-19-14-17-8-5-6-9-18(17)15-20(19)22(16)21/h5-15H,1-4H3. The van der Waals surface area contributed by atoms with Gasteiger partial charge in [0.25, 0.3) is 0 Å². The first-order valence-corrected chi connectivity index (χ1v) is 13.2. The minimum Gasteiger partial charge on any atom is -0.347 e. The fourth-order valence-electron chi connectivity index (χ4n) is 3.77. The molecule has 0 saturated carbocycles. The van der Waals surface area contributed by atoms with E-state index in [1.54, 1.807) is 5.19 Å². The van der Waals surface area contributed by atoms with Crippen LogP contribution in [-0.2, 0) is 0 Å².